The van der Waals surface area contributed by atoms with E-state index >= 15 is 0 Å². The molecular weight excluding hydrogens is 358 g/mol. The van der Waals surface area contributed by atoms with Crippen LogP contribution >= 0.6 is 11.3 Å². The zero-order valence-corrected chi connectivity index (χ0v) is 15.0. The Labute approximate surface area is 150 Å². The molecule has 0 saturated carbocycles. The number of carbonyl (C=O) groups excluding carboxylic acids is 1. The Morgan fingerprint density at radius 1 is 1.24 bits per heavy atom. The lowest BCUT2D eigenvalue weighted by Gasteiger charge is -2.33. The molecule has 1 aliphatic rings. The van der Waals surface area contributed by atoms with Crippen LogP contribution in [0, 0.1) is 11.3 Å². The summed E-state index contributed by atoms with van der Waals surface area (Å²) in [5.74, 6) is -0.400. The first-order valence-corrected chi connectivity index (χ1v) is 10.2. The van der Waals surface area contributed by atoms with E-state index in [1.807, 2.05) is 6.07 Å². The first-order chi connectivity index (χ1) is 12.0. The van der Waals surface area contributed by atoms with E-state index in [-0.39, 0.29) is 4.21 Å². The van der Waals surface area contributed by atoms with Gasteiger partial charge in [-0.1, -0.05) is 24.6 Å². The van der Waals surface area contributed by atoms with Crippen LogP contribution in [-0.2, 0) is 14.8 Å². The minimum atomic E-state index is -3.69. The number of hydrogen-bond donors (Lipinski definition) is 1. The summed E-state index contributed by atoms with van der Waals surface area (Å²) in [6.07, 6.45) is 1.97. The van der Waals surface area contributed by atoms with Crippen molar-refractivity contribution in [3.05, 3.63) is 47.3 Å². The van der Waals surface area contributed by atoms with Crippen molar-refractivity contribution < 1.29 is 13.2 Å². The standard InChI is InChI=1S/C17H17N3O3S2/c18-12-13-6-1-2-7-14(13)19-17(21)15-8-3-4-10-20(15)25(22,23)16-9-5-11-24-16/h1-2,5-7,9,11,15H,3-4,8,10H2,(H,19,21). The van der Waals surface area contributed by atoms with E-state index in [4.69, 9.17) is 5.26 Å². The Morgan fingerprint density at radius 2 is 2.04 bits per heavy atom. The van der Waals surface area contributed by atoms with Gasteiger partial charge in [0.15, 0.2) is 0 Å². The molecule has 1 N–H and O–H groups in total. The van der Waals surface area contributed by atoms with Crippen molar-refractivity contribution in [3.63, 3.8) is 0 Å². The smallest absolute Gasteiger partial charge is 0.253 e. The van der Waals surface area contributed by atoms with Gasteiger partial charge in [-0.2, -0.15) is 9.57 Å². The summed E-state index contributed by atoms with van der Waals surface area (Å²) in [6, 6.07) is 11.2. The summed E-state index contributed by atoms with van der Waals surface area (Å²) in [6.45, 7) is 0.318. The summed E-state index contributed by atoms with van der Waals surface area (Å²) in [5.41, 5.74) is 0.744. The van der Waals surface area contributed by atoms with Crippen molar-refractivity contribution >= 4 is 33.0 Å². The molecule has 2 aromatic rings. The molecule has 0 bridgehead atoms. The SMILES string of the molecule is N#Cc1ccccc1NC(=O)C1CCCCN1S(=O)(=O)c1cccs1. The van der Waals surface area contributed by atoms with Gasteiger partial charge >= 0.3 is 0 Å². The largest absolute Gasteiger partial charge is 0.323 e. The fraction of sp³-hybridized carbons (Fsp3) is 0.294. The van der Waals surface area contributed by atoms with Crippen LogP contribution in [0.15, 0.2) is 46.0 Å². The predicted molar refractivity (Wildman–Crippen MR) is 95.6 cm³/mol. The van der Waals surface area contributed by atoms with Gasteiger partial charge in [-0.05, 0) is 36.4 Å². The quantitative estimate of drug-likeness (QED) is 0.890. The number of hydrogen-bond acceptors (Lipinski definition) is 5. The Bertz CT molecular complexity index is 901. The second kappa shape index (κ2) is 7.35. The predicted octanol–water partition coefficient (Wildman–Crippen LogP) is 2.80. The highest BCUT2D eigenvalue weighted by Crippen LogP contribution is 2.28. The van der Waals surface area contributed by atoms with Crippen LogP contribution in [0.1, 0.15) is 24.8 Å². The maximum Gasteiger partial charge on any atom is 0.253 e. The number of thiophene rings is 1. The normalized spacial score (nSPS) is 18.4. The molecule has 1 atom stereocenters. The number of sulfonamides is 1. The monoisotopic (exact) mass is 375 g/mol. The maximum absolute atomic E-state index is 12.8. The van der Waals surface area contributed by atoms with E-state index in [2.05, 4.69) is 5.32 Å². The number of nitrogens with one attached hydrogen (secondary N) is 1. The molecule has 2 heterocycles. The number of amides is 1. The average Bonchev–Trinajstić information content (AvgIpc) is 3.17. The summed E-state index contributed by atoms with van der Waals surface area (Å²) in [7, 11) is -3.69. The van der Waals surface area contributed by atoms with E-state index in [0.29, 0.717) is 24.2 Å². The first kappa shape index (κ1) is 17.6. The highest BCUT2D eigenvalue weighted by molar-refractivity contribution is 7.91. The lowest BCUT2D eigenvalue weighted by Crippen LogP contribution is -2.49. The Balaban J connectivity index is 1.86. The van der Waals surface area contributed by atoms with E-state index in [9.17, 15) is 13.2 Å². The summed E-state index contributed by atoms with van der Waals surface area (Å²) in [4.78, 5) is 12.7. The van der Waals surface area contributed by atoms with E-state index in [0.717, 1.165) is 24.2 Å². The van der Waals surface area contributed by atoms with Gasteiger partial charge in [0.05, 0.1) is 11.3 Å². The highest BCUT2D eigenvalue weighted by Gasteiger charge is 2.38. The minimum Gasteiger partial charge on any atom is -0.323 e. The van der Waals surface area contributed by atoms with E-state index in [1.165, 1.54) is 4.31 Å². The number of piperidine rings is 1. The molecule has 1 fully saturated rings. The van der Waals surface area contributed by atoms with E-state index in [1.54, 1.807) is 41.8 Å². The molecule has 6 nitrogen and oxygen atoms in total. The Morgan fingerprint density at radius 3 is 2.76 bits per heavy atom. The number of para-hydroxylation sites is 1. The number of carbonyl (C=O) groups is 1. The molecule has 1 saturated heterocycles. The lowest BCUT2D eigenvalue weighted by molar-refractivity contribution is -0.120. The van der Waals surface area contributed by atoms with Crippen LogP contribution in [0.2, 0.25) is 0 Å². The van der Waals surface area contributed by atoms with Crippen LogP contribution in [0.25, 0.3) is 0 Å². The van der Waals surface area contributed by atoms with Gasteiger partial charge in [-0.15, -0.1) is 11.3 Å². The third kappa shape index (κ3) is 3.58. The van der Waals surface area contributed by atoms with Gasteiger partial charge in [0.2, 0.25) is 5.91 Å². The van der Waals surface area contributed by atoms with Crippen molar-refractivity contribution in [3.8, 4) is 6.07 Å². The van der Waals surface area contributed by atoms with Gasteiger partial charge in [-0.3, -0.25) is 4.79 Å². The fourth-order valence-corrected chi connectivity index (χ4v) is 5.66. The molecule has 1 amide bonds. The molecule has 1 aromatic heterocycles. The Kier molecular flexibility index (Phi) is 5.18. The summed E-state index contributed by atoms with van der Waals surface area (Å²) >= 11 is 1.14. The molecule has 25 heavy (non-hydrogen) atoms. The van der Waals surface area contributed by atoms with Crippen molar-refractivity contribution in [1.29, 1.82) is 5.26 Å². The van der Waals surface area contributed by atoms with Crippen LogP contribution in [0.5, 0.6) is 0 Å². The number of nitriles is 1. The summed E-state index contributed by atoms with van der Waals surface area (Å²) < 4.78 is 27.2. The first-order valence-electron chi connectivity index (χ1n) is 7.89. The van der Waals surface area contributed by atoms with Gasteiger partial charge in [0.25, 0.3) is 10.0 Å². The third-order valence-electron chi connectivity index (χ3n) is 4.12. The number of nitrogens with zero attached hydrogens (tertiary/aromatic N) is 2. The zero-order valence-electron chi connectivity index (χ0n) is 13.4. The van der Waals surface area contributed by atoms with Crippen molar-refractivity contribution in [2.45, 2.75) is 29.5 Å². The molecule has 0 radical (unpaired) electrons. The van der Waals surface area contributed by atoms with Gasteiger partial charge in [-0.25, -0.2) is 8.42 Å². The van der Waals surface area contributed by atoms with Crippen molar-refractivity contribution in [2.24, 2.45) is 0 Å². The Hall–Kier alpha value is -2.21. The zero-order chi connectivity index (χ0) is 17.9. The molecular formula is C17H17N3O3S2. The topological polar surface area (TPSA) is 90.3 Å². The molecule has 1 aliphatic heterocycles. The summed E-state index contributed by atoms with van der Waals surface area (Å²) in [5, 5.41) is 13.6. The van der Waals surface area contributed by atoms with Crippen LogP contribution in [0.3, 0.4) is 0 Å². The third-order valence-corrected chi connectivity index (χ3v) is 7.40. The van der Waals surface area contributed by atoms with Gasteiger partial charge in [0.1, 0.15) is 16.3 Å². The number of rotatable bonds is 4. The van der Waals surface area contributed by atoms with Gasteiger partial charge < -0.3 is 5.32 Å². The molecule has 1 unspecified atom stereocenters. The van der Waals surface area contributed by atoms with Crippen molar-refractivity contribution in [2.75, 3.05) is 11.9 Å². The van der Waals surface area contributed by atoms with Crippen LogP contribution in [0.4, 0.5) is 5.69 Å². The fourth-order valence-electron chi connectivity index (χ4n) is 2.89. The van der Waals surface area contributed by atoms with Gasteiger partial charge in [0, 0.05) is 6.54 Å². The lowest BCUT2D eigenvalue weighted by atomic mass is 10.0. The molecule has 1 aromatic carbocycles. The average molecular weight is 375 g/mol. The van der Waals surface area contributed by atoms with Crippen LogP contribution < -0.4 is 5.32 Å². The molecule has 0 aliphatic carbocycles. The second-order valence-corrected chi connectivity index (χ2v) is 8.77. The highest BCUT2D eigenvalue weighted by atomic mass is 32.2. The molecule has 130 valence electrons. The minimum absolute atomic E-state index is 0.240. The van der Waals surface area contributed by atoms with E-state index < -0.39 is 22.0 Å². The number of anilines is 1. The van der Waals surface area contributed by atoms with Crippen molar-refractivity contribution in [1.82, 2.24) is 4.31 Å². The second-order valence-electron chi connectivity index (χ2n) is 5.71. The number of benzene rings is 1. The molecule has 3 rings (SSSR count). The molecule has 0 spiro atoms. The van der Waals surface area contributed by atoms with Crippen LogP contribution in [-0.4, -0.2) is 31.2 Å². The molecule has 8 heteroatoms. The maximum atomic E-state index is 12.8.